The molecule has 5 aliphatic rings. The Balaban J connectivity index is 1.46. The van der Waals surface area contributed by atoms with Crippen molar-refractivity contribution < 1.29 is 51.0 Å². The molecule has 7 rings (SSSR count). The van der Waals surface area contributed by atoms with Crippen molar-refractivity contribution >= 4 is 84.4 Å². The van der Waals surface area contributed by atoms with Crippen molar-refractivity contribution in [1.29, 1.82) is 0 Å². The number of carbonyl (C=O) groups is 4. The molecule has 2 aromatic rings. The second-order valence-corrected chi connectivity index (χ2v) is 16.0. The number of hydrogen-bond donors (Lipinski definition) is 1. The molecule has 4 amide bonds. The Morgan fingerprint density at radius 2 is 1.46 bits per heavy atom. The maximum Gasteiger partial charge on any atom is 0.258 e. The number of allylic oxidation sites excluding steroid dienone is 2. The summed E-state index contributed by atoms with van der Waals surface area (Å²) in [6.45, 7) is 0. The van der Waals surface area contributed by atoms with Crippen LogP contribution < -0.4 is 9.64 Å². The highest BCUT2D eigenvalue weighted by Gasteiger charge is 2.77. The number of phenols is 1. The van der Waals surface area contributed by atoms with Gasteiger partial charge in [-0.2, -0.15) is 0 Å². The number of nitrogens with zero attached hydrogens (tertiary/aromatic N) is 2. The molecule has 0 aromatic heterocycles. The predicted molar refractivity (Wildman–Crippen MR) is 175 cm³/mol. The van der Waals surface area contributed by atoms with Gasteiger partial charge in [0, 0.05) is 16.4 Å². The third kappa shape index (κ3) is 4.50. The number of methoxy groups -OCH3 is 1. The summed E-state index contributed by atoms with van der Waals surface area (Å²) in [6.07, 6.45) is 4.87. The molecule has 3 aliphatic carbocycles. The van der Waals surface area contributed by atoms with Crippen molar-refractivity contribution in [1.82, 2.24) is 4.90 Å². The monoisotopic (exact) mass is 868 g/mol. The van der Waals surface area contributed by atoms with Crippen molar-refractivity contribution in [3.05, 3.63) is 61.3 Å². The van der Waals surface area contributed by atoms with Crippen LogP contribution in [0.3, 0.4) is 0 Å². The van der Waals surface area contributed by atoms with Crippen LogP contribution in [0.2, 0.25) is 0 Å². The van der Waals surface area contributed by atoms with Gasteiger partial charge < -0.3 is 9.84 Å². The molecule has 6 unspecified atom stereocenters. The summed E-state index contributed by atoms with van der Waals surface area (Å²) in [4.78, 5) is 52.7. The fourth-order valence-electron chi connectivity index (χ4n) is 8.61. The van der Waals surface area contributed by atoms with Crippen molar-refractivity contribution in [2.75, 3.05) is 12.0 Å². The van der Waals surface area contributed by atoms with Crippen LogP contribution in [-0.4, -0.2) is 56.5 Å². The normalized spacial score (nSPS) is 31.2. The van der Waals surface area contributed by atoms with E-state index in [9.17, 15) is 37.5 Å². The average molecular weight is 871 g/mol. The number of alkyl halides is 2. The van der Waals surface area contributed by atoms with Crippen LogP contribution in [-0.2, 0) is 19.2 Å². The van der Waals surface area contributed by atoms with Crippen molar-refractivity contribution in [2.45, 2.75) is 66.7 Å². The first-order valence-corrected chi connectivity index (χ1v) is 18.0. The fourth-order valence-corrected chi connectivity index (χ4v) is 10.5. The highest BCUT2D eigenvalue weighted by atomic mass is 79.9. The van der Waals surface area contributed by atoms with Crippen LogP contribution in [0.4, 0.5) is 27.6 Å². The maximum absolute atomic E-state index is 15.3. The van der Waals surface area contributed by atoms with Gasteiger partial charge in [-0.1, -0.05) is 30.9 Å². The highest BCUT2D eigenvalue weighted by molar-refractivity contribution is 9.13. The van der Waals surface area contributed by atoms with Crippen LogP contribution in [0.25, 0.3) is 0 Å². The Morgan fingerprint density at radius 1 is 0.860 bits per heavy atom. The first-order chi connectivity index (χ1) is 23.5. The molecule has 0 spiro atoms. The summed E-state index contributed by atoms with van der Waals surface area (Å²) in [5, 5.41) is 10.7. The summed E-state index contributed by atoms with van der Waals surface area (Å²) in [6, 6.07) is 0.945. The van der Waals surface area contributed by atoms with Gasteiger partial charge in [-0.15, -0.1) is 23.2 Å². The minimum atomic E-state index is -2.72. The summed E-state index contributed by atoms with van der Waals surface area (Å²) in [7, 11) is 1.23. The largest absolute Gasteiger partial charge is 0.503 e. The molecule has 2 saturated heterocycles. The first-order valence-electron chi connectivity index (χ1n) is 15.6. The van der Waals surface area contributed by atoms with E-state index >= 15 is 8.78 Å². The third-order valence-electron chi connectivity index (χ3n) is 10.9. The Kier molecular flexibility index (Phi) is 8.67. The van der Waals surface area contributed by atoms with Gasteiger partial charge in [0.15, 0.2) is 44.5 Å². The molecule has 2 aromatic carbocycles. The van der Waals surface area contributed by atoms with Crippen molar-refractivity contribution in [2.24, 2.45) is 17.8 Å². The zero-order valence-electron chi connectivity index (χ0n) is 25.8. The SMILES string of the molecule is COc1cc(C2C3=CCC4C(=O)N(C5CCCCC5)C(=O)C4C3CC3(Cl)C(=O)N(c4c(F)c(F)c(F)c(F)c4F)C(=O)C23Cl)c(Br)c(Br)c1O. The van der Waals surface area contributed by atoms with Crippen LogP contribution in [0, 0.1) is 46.8 Å². The van der Waals surface area contributed by atoms with Gasteiger partial charge in [-0.25, -0.2) is 26.9 Å². The molecule has 8 nitrogen and oxygen atoms in total. The van der Waals surface area contributed by atoms with Gasteiger partial charge in [0.1, 0.15) is 5.69 Å². The van der Waals surface area contributed by atoms with E-state index < -0.39 is 98.2 Å². The number of anilines is 1. The van der Waals surface area contributed by atoms with E-state index in [2.05, 4.69) is 31.9 Å². The van der Waals surface area contributed by atoms with E-state index in [0.29, 0.717) is 12.8 Å². The lowest BCUT2D eigenvalue weighted by Gasteiger charge is -2.51. The Hall–Kier alpha value is -2.75. The molecule has 6 atom stereocenters. The van der Waals surface area contributed by atoms with Gasteiger partial charge in [-0.05, 0) is 75.1 Å². The molecular formula is C33H25Br2Cl2F5N2O6. The topological polar surface area (TPSA) is 104 Å². The lowest BCUT2D eigenvalue weighted by molar-refractivity contribution is -0.143. The third-order valence-corrected chi connectivity index (χ3v) is 14.5. The van der Waals surface area contributed by atoms with Gasteiger partial charge in [0.2, 0.25) is 17.6 Å². The molecule has 0 radical (unpaired) electrons. The number of halogens is 9. The van der Waals surface area contributed by atoms with Crippen LogP contribution >= 0.6 is 55.1 Å². The Morgan fingerprint density at radius 3 is 2.06 bits per heavy atom. The van der Waals surface area contributed by atoms with Gasteiger partial charge >= 0.3 is 0 Å². The molecule has 4 fully saturated rings. The van der Waals surface area contributed by atoms with Gasteiger partial charge in [0.25, 0.3) is 11.8 Å². The molecule has 2 saturated carbocycles. The van der Waals surface area contributed by atoms with E-state index in [1.54, 1.807) is 6.08 Å². The highest BCUT2D eigenvalue weighted by Crippen LogP contribution is 2.67. The maximum atomic E-state index is 15.3. The van der Waals surface area contributed by atoms with Crippen LogP contribution in [0.1, 0.15) is 56.4 Å². The van der Waals surface area contributed by atoms with Gasteiger partial charge in [-0.3, -0.25) is 24.1 Å². The van der Waals surface area contributed by atoms with E-state index in [4.69, 9.17) is 27.9 Å². The number of likely N-dealkylation sites (tertiary alicyclic amines) is 1. The van der Waals surface area contributed by atoms with Crippen molar-refractivity contribution in [3.63, 3.8) is 0 Å². The van der Waals surface area contributed by atoms with E-state index in [1.807, 2.05) is 0 Å². The molecule has 0 bridgehead atoms. The summed E-state index contributed by atoms with van der Waals surface area (Å²) in [5.41, 5.74) is -1.52. The number of aromatic hydroxyl groups is 1. The molecule has 50 heavy (non-hydrogen) atoms. The number of carbonyl (C=O) groups excluding carboxylic acids is 4. The fraction of sp³-hybridized carbons (Fsp3) is 0.455. The summed E-state index contributed by atoms with van der Waals surface area (Å²) >= 11 is 21.0. The molecule has 17 heteroatoms. The molecule has 2 aliphatic heterocycles. The lowest BCUT2D eigenvalue weighted by atomic mass is 9.56. The lowest BCUT2D eigenvalue weighted by Crippen LogP contribution is -2.60. The summed E-state index contributed by atoms with van der Waals surface area (Å²) < 4.78 is 79.0. The van der Waals surface area contributed by atoms with E-state index in [1.165, 1.54) is 18.1 Å². The number of phenolic OH excluding ortho intramolecular Hbond substituents is 1. The summed E-state index contributed by atoms with van der Waals surface area (Å²) in [5.74, 6) is -21.4. The standard InChI is InChI=1S/C33H25Br2Cl2F5N2O6/c1-50-16-9-14(19(34)20(35)27(16)45)18-12-7-8-13-17(29(47)43(28(13)46)11-5-3-2-4-6-11)15(12)10-32(36)30(48)44(31(49)33(18,32)37)26-24(41)22(39)21(38)23(40)25(26)42/h7,9,11,13,15,17-18,45H,2-6,8,10H2,1H3. The van der Waals surface area contributed by atoms with Crippen LogP contribution in [0.15, 0.2) is 26.7 Å². The first kappa shape index (κ1) is 35.6. The van der Waals surface area contributed by atoms with Gasteiger partial charge in [0.05, 0.1) is 23.4 Å². The quantitative estimate of drug-likeness (QED) is 0.0853. The number of imide groups is 2. The zero-order chi connectivity index (χ0) is 36.4. The number of benzene rings is 2. The average Bonchev–Trinajstić information content (AvgIpc) is 3.44. The smallest absolute Gasteiger partial charge is 0.258 e. The Labute approximate surface area is 308 Å². The number of amides is 4. The number of fused-ring (bicyclic) bond motifs is 4. The minimum Gasteiger partial charge on any atom is -0.503 e. The molecule has 266 valence electrons. The second kappa shape index (κ2) is 12.2. The number of rotatable bonds is 4. The number of hydrogen-bond acceptors (Lipinski definition) is 6. The Bertz CT molecular complexity index is 1930. The zero-order valence-corrected chi connectivity index (χ0v) is 30.5. The van der Waals surface area contributed by atoms with Crippen molar-refractivity contribution in [3.8, 4) is 11.5 Å². The molecule has 1 N–H and O–H groups in total. The van der Waals surface area contributed by atoms with E-state index in [-0.39, 0.29) is 48.9 Å². The van der Waals surface area contributed by atoms with E-state index in [0.717, 1.165) is 19.3 Å². The molecule has 2 heterocycles. The van der Waals surface area contributed by atoms with Crippen LogP contribution in [0.5, 0.6) is 11.5 Å². The minimum absolute atomic E-state index is 0.00712. The molecular weight excluding hydrogens is 846 g/mol. The second-order valence-electron chi connectivity index (χ2n) is 13.2. The number of ether oxygens (including phenoxy) is 1. The predicted octanol–water partition coefficient (Wildman–Crippen LogP) is 7.52.